The maximum atomic E-state index is 12.7. The number of rotatable bonds is 2. The van der Waals surface area contributed by atoms with Gasteiger partial charge in [0.2, 0.25) is 0 Å². The van der Waals surface area contributed by atoms with Crippen LogP contribution in [0.1, 0.15) is 43.6 Å². The molecule has 1 unspecified atom stereocenters. The Morgan fingerprint density at radius 3 is 2.90 bits per heavy atom. The smallest absolute Gasteiger partial charge is 0.274 e. The molecule has 1 aliphatic heterocycles. The van der Waals surface area contributed by atoms with Crippen LogP contribution in [0, 0.1) is 11.8 Å². The number of aromatic nitrogens is 2. The summed E-state index contributed by atoms with van der Waals surface area (Å²) < 4.78 is 0. The second-order valence-corrected chi connectivity index (χ2v) is 6.34. The molecule has 4 nitrogen and oxygen atoms in total. The molecule has 1 aromatic heterocycles. The van der Waals surface area contributed by atoms with Gasteiger partial charge in [0.05, 0.1) is 5.52 Å². The van der Waals surface area contributed by atoms with Gasteiger partial charge in [-0.05, 0) is 37.2 Å². The third-order valence-electron chi connectivity index (χ3n) is 4.68. The van der Waals surface area contributed by atoms with Crippen molar-refractivity contribution in [2.75, 3.05) is 13.1 Å². The molecule has 2 heterocycles. The Kier molecular flexibility index (Phi) is 3.95. The summed E-state index contributed by atoms with van der Waals surface area (Å²) in [5.74, 6) is 1.50. The molecule has 0 saturated carbocycles. The number of amides is 1. The van der Waals surface area contributed by atoms with Crippen molar-refractivity contribution in [1.82, 2.24) is 15.1 Å². The highest BCUT2D eigenvalue weighted by Crippen LogP contribution is 2.26. The molecule has 21 heavy (non-hydrogen) atoms. The molecule has 4 heteroatoms. The number of carbonyl (C=O) groups excluding carboxylic acids is 1. The summed E-state index contributed by atoms with van der Waals surface area (Å²) in [5.41, 5.74) is 1.49. The van der Waals surface area contributed by atoms with Gasteiger partial charge in [0.15, 0.2) is 5.69 Å². The maximum Gasteiger partial charge on any atom is 0.274 e. The summed E-state index contributed by atoms with van der Waals surface area (Å²) >= 11 is 0. The summed E-state index contributed by atoms with van der Waals surface area (Å²) in [5, 5.41) is 8.12. The lowest BCUT2D eigenvalue weighted by molar-refractivity contribution is 0.0755. The predicted molar refractivity (Wildman–Crippen MR) is 84.2 cm³/mol. The molecule has 1 N–H and O–H groups in total. The Balaban J connectivity index is 1.79. The molecular weight excluding hydrogens is 262 g/mol. The Morgan fingerprint density at radius 1 is 1.29 bits per heavy atom. The van der Waals surface area contributed by atoms with E-state index < -0.39 is 0 Å². The first-order chi connectivity index (χ1) is 10.2. The lowest BCUT2D eigenvalue weighted by atomic mass is 9.89. The normalized spacial score (nSPS) is 20.0. The molecule has 0 bridgehead atoms. The van der Waals surface area contributed by atoms with E-state index in [1.807, 2.05) is 29.2 Å². The zero-order valence-corrected chi connectivity index (χ0v) is 12.8. The van der Waals surface area contributed by atoms with Crippen molar-refractivity contribution in [2.45, 2.75) is 33.1 Å². The molecule has 1 saturated heterocycles. The van der Waals surface area contributed by atoms with E-state index in [4.69, 9.17) is 0 Å². The molecule has 3 rings (SSSR count). The van der Waals surface area contributed by atoms with E-state index in [0.29, 0.717) is 11.6 Å². The fourth-order valence-corrected chi connectivity index (χ4v) is 3.27. The second kappa shape index (κ2) is 5.88. The van der Waals surface area contributed by atoms with Gasteiger partial charge in [0.25, 0.3) is 5.91 Å². The van der Waals surface area contributed by atoms with Crippen LogP contribution in [0.25, 0.3) is 10.9 Å². The fraction of sp³-hybridized carbons (Fsp3) is 0.529. The monoisotopic (exact) mass is 285 g/mol. The lowest BCUT2D eigenvalue weighted by Gasteiger charge is -2.20. The van der Waals surface area contributed by atoms with Crippen LogP contribution >= 0.6 is 0 Å². The molecule has 2 aromatic rings. The van der Waals surface area contributed by atoms with Crippen molar-refractivity contribution in [3.63, 3.8) is 0 Å². The van der Waals surface area contributed by atoms with Crippen molar-refractivity contribution in [2.24, 2.45) is 11.8 Å². The van der Waals surface area contributed by atoms with Gasteiger partial charge in [-0.1, -0.05) is 32.0 Å². The van der Waals surface area contributed by atoms with Crippen LogP contribution in [0.3, 0.4) is 0 Å². The van der Waals surface area contributed by atoms with Crippen LogP contribution < -0.4 is 0 Å². The molecule has 112 valence electrons. The van der Waals surface area contributed by atoms with E-state index >= 15 is 0 Å². The Morgan fingerprint density at radius 2 is 2.10 bits per heavy atom. The summed E-state index contributed by atoms with van der Waals surface area (Å²) in [7, 11) is 0. The van der Waals surface area contributed by atoms with Gasteiger partial charge >= 0.3 is 0 Å². The van der Waals surface area contributed by atoms with E-state index in [9.17, 15) is 4.79 Å². The third-order valence-corrected chi connectivity index (χ3v) is 4.68. The number of nitrogens with one attached hydrogen (secondary N) is 1. The van der Waals surface area contributed by atoms with Gasteiger partial charge in [-0.2, -0.15) is 5.10 Å². The molecular formula is C17H23N3O. The van der Waals surface area contributed by atoms with Gasteiger partial charge in [0.1, 0.15) is 0 Å². The number of carbonyl (C=O) groups is 1. The van der Waals surface area contributed by atoms with Crippen LogP contribution in [-0.2, 0) is 0 Å². The maximum absolute atomic E-state index is 12.7. The third kappa shape index (κ3) is 2.80. The number of likely N-dealkylation sites (tertiary alicyclic amines) is 1. The first-order valence-electron chi connectivity index (χ1n) is 7.89. The van der Waals surface area contributed by atoms with E-state index in [1.54, 1.807) is 0 Å². The molecule has 0 aliphatic carbocycles. The molecule has 1 aliphatic rings. The van der Waals surface area contributed by atoms with E-state index in [1.165, 1.54) is 6.42 Å². The number of hydrogen-bond acceptors (Lipinski definition) is 2. The number of hydrogen-bond donors (Lipinski definition) is 1. The average molecular weight is 285 g/mol. The van der Waals surface area contributed by atoms with Crippen LogP contribution in [-0.4, -0.2) is 34.1 Å². The summed E-state index contributed by atoms with van der Waals surface area (Å²) in [6.45, 7) is 6.26. The number of nitrogens with zero attached hydrogens (tertiary/aromatic N) is 2. The van der Waals surface area contributed by atoms with E-state index in [2.05, 4.69) is 24.0 Å². The van der Waals surface area contributed by atoms with Gasteiger partial charge < -0.3 is 4.90 Å². The van der Waals surface area contributed by atoms with Crippen LogP contribution in [0.4, 0.5) is 0 Å². The van der Waals surface area contributed by atoms with E-state index in [0.717, 1.165) is 42.8 Å². The van der Waals surface area contributed by atoms with Gasteiger partial charge in [0, 0.05) is 18.5 Å². The highest BCUT2D eigenvalue weighted by molar-refractivity contribution is 6.04. The zero-order chi connectivity index (χ0) is 14.8. The Bertz CT molecular complexity index is 632. The minimum atomic E-state index is 0.0665. The predicted octanol–water partition coefficient (Wildman–Crippen LogP) is 3.46. The quantitative estimate of drug-likeness (QED) is 0.918. The van der Waals surface area contributed by atoms with Gasteiger partial charge in [-0.25, -0.2) is 0 Å². The lowest BCUT2D eigenvalue weighted by Crippen LogP contribution is -2.32. The summed E-state index contributed by atoms with van der Waals surface area (Å²) in [6.07, 6.45) is 3.42. The molecule has 0 radical (unpaired) electrons. The number of aromatic amines is 1. The SMILES string of the molecule is CC(C)C1CCCN(C(=O)c2n[nH]c3ccccc23)CC1. The largest absolute Gasteiger partial charge is 0.337 e. The summed E-state index contributed by atoms with van der Waals surface area (Å²) in [6, 6.07) is 7.82. The zero-order valence-electron chi connectivity index (χ0n) is 12.8. The molecule has 1 fully saturated rings. The van der Waals surface area contributed by atoms with Crippen molar-refractivity contribution in [1.29, 1.82) is 0 Å². The number of fused-ring (bicyclic) bond motifs is 1. The fourth-order valence-electron chi connectivity index (χ4n) is 3.27. The first-order valence-corrected chi connectivity index (χ1v) is 7.89. The van der Waals surface area contributed by atoms with Gasteiger partial charge in [-0.15, -0.1) is 0 Å². The standard InChI is InChI=1S/C17H23N3O/c1-12(2)13-6-5-10-20(11-9-13)17(21)16-14-7-3-4-8-15(14)18-19-16/h3-4,7-8,12-13H,5-6,9-11H2,1-2H3,(H,18,19). The van der Waals surface area contributed by atoms with E-state index in [-0.39, 0.29) is 5.91 Å². The number of para-hydroxylation sites is 1. The van der Waals surface area contributed by atoms with Gasteiger partial charge in [-0.3, -0.25) is 9.89 Å². The van der Waals surface area contributed by atoms with Crippen molar-refractivity contribution in [3.8, 4) is 0 Å². The Hall–Kier alpha value is -1.84. The highest BCUT2D eigenvalue weighted by Gasteiger charge is 2.25. The first kappa shape index (κ1) is 14.1. The van der Waals surface area contributed by atoms with Crippen molar-refractivity contribution in [3.05, 3.63) is 30.0 Å². The molecule has 1 amide bonds. The average Bonchev–Trinajstić information content (AvgIpc) is 2.75. The van der Waals surface area contributed by atoms with Crippen LogP contribution in [0.5, 0.6) is 0 Å². The highest BCUT2D eigenvalue weighted by atomic mass is 16.2. The number of benzene rings is 1. The molecule has 1 atom stereocenters. The topological polar surface area (TPSA) is 49.0 Å². The number of H-pyrrole nitrogens is 1. The minimum Gasteiger partial charge on any atom is -0.337 e. The van der Waals surface area contributed by atoms with Crippen molar-refractivity contribution >= 4 is 16.8 Å². The van der Waals surface area contributed by atoms with Crippen LogP contribution in [0.2, 0.25) is 0 Å². The second-order valence-electron chi connectivity index (χ2n) is 6.34. The van der Waals surface area contributed by atoms with Crippen molar-refractivity contribution < 1.29 is 4.79 Å². The minimum absolute atomic E-state index is 0.0665. The molecule has 1 aromatic carbocycles. The Labute approximate surface area is 125 Å². The van der Waals surface area contributed by atoms with Crippen LogP contribution in [0.15, 0.2) is 24.3 Å². The summed E-state index contributed by atoms with van der Waals surface area (Å²) in [4.78, 5) is 14.7. The molecule has 0 spiro atoms.